The number of amides is 1. The number of carbonyl (C=O) groups is 1. The molecular formula is C29H28FN5O2S. The zero-order valence-electron chi connectivity index (χ0n) is 21.1. The Balaban J connectivity index is 1.47. The molecule has 1 aliphatic rings. The van der Waals surface area contributed by atoms with E-state index in [9.17, 15) is 9.18 Å². The fourth-order valence-corrected chi connectivity index (χ4v) is 5.17. The smallest absolute Gasteiger partial charge is 0.226 e. The summed E-state index contributed by atoms with van der Waals surface area (Å²) in [6.45, 7) is 2.39. The molecular weight excluding hydrogens is 501 g/mol. The van der Waals surface area contributed by atoms with Gasteiger partial charge in [-0.1, -0.05) is 18.2 Å². The van der Waals surface area contributed by atoms with Crippen LogP contribution < -0.4 is 15.4 Å². The molecule has 38 heavy (non-hydrogen) atoms. The fraction of sp³-hybridized carbons (Fsp3) is 0.207. The molecule has 194 valence electrons. The monoisotopic (exact) mass is 529 g/mol. The van der Waals surface area contributed by atoms with Crippen LogP contribution in [0.4, 0.5) is 10.1 Å². The lowest BCUT2D eigenvalue weighted by Crippen LogP contribution is -2.33. The predicted molar refractivity (Wildman–Crippen MR) is 149 cm³/mol. The van der Waals surface area contributed by atoms with Crippen molar-refractivity contribution in [1.82, 2.24) is 19.8 Å². The summed E-state index contributed by atoms with van der Waals surface area (Å²) in [5.74, 6) is 0.0115. The molecule has 1 amide bonds. The summed E-state index contributed by atoms with van der Waals surface area (Å²) in [5.41, 5.74) is 4.05. The van der Waals surface area contributed by atoms with Crippen molar-refractivity contribution in [2.24, 2.45) is 0 Å². The maximum atomic E-state index is 14.1. The molecule has 2 N–H and O–H groups in total. The van der Waals surface area contributed by atoms with E-state index >= 15 is 0 Å². The Kier molecular flexibility index (Phi) is 7.37. The van der Waals surface area contributed by atoms with E-state index in [1.165, 1.54) is 6.07 Å². The zero-order chi connectivity index (χ0) is 26.6. The summed E-state index contributed by atoms with van der Waals surface area (Å²) in [7, 11) is 1.64. The molecule has 9 heteroatoms. The van der Waals surface area contributed by atoms with Crippen LogP contribution >= 0.6 is 12.2 Å². The molecule has 0 aliphatic carbocycles. The molecule has 0 unspecified atom stereocenters. The highest BCUT2D eigenvalue weighted by Crippen LogP contribution is 2.40. The number of methoxy groups -OCH3 is 1. The first-order valence-corrected chi connectivity index (χ1v) is 12.7. The van der Waals surface area contributed by atoms with Gasteiger partial charge in [0.2, 0.25) is 5.91 Å². The number of nitrogens with one attached hydrogen (secondary N) is 2. The minimum atomic E-state index is -0.472. The number of thiocarbonyl (C=S) groups is 1. The Morgan fingerprint density at radius 1 is 1.08 bits per heavy atom. The van der Waals surface area contributed by atoms with Gasteiger partial charge in [-0.05, 0) is 79.8 Å². The molecule has 2 atom stereocenters. The van der Waals surface area contributed by atoms with E-state index in [1.54, 1.807) is 31.5 Å². The molecule has 0 saturated carbocycles. The number of benzene rings is 2. The number of ether oxygens (including phenoxy) is 1. The fourth-order valence-electron chi connectivity index (χ4n) is 4.84. The van der Waals surface area contributed by atoms with E-state index < -0.39 is 5.82 Å². The number of aromatic nitrogens is 2. The molecule has 3 heterocycles. The molecule has 1 fully saturated rings. The molecule has 7 nitrogen and oxygen atoms in total. The van der Waals surface area contributed by atoms with Gasteiger partial charge in [0, 0.05) is 36.2 Å². The first-order chi connectivity index (χ1) is 18.5. The lowest BCUT2D eigenvalue weighted by Gasteiger charge is -2.29. The molecule has 4 aromatic rings. The maximum Gasteiger partial charge on any atom is 0.226 e. The van der Waals surface area contributed by atoms with Crippen LogP contribution in [-0.4, -0.2) is 39.1 Å². The molecule has 2 aromatic heterocycles. The van der Waals surface area contributed by atoms with Crippen molar-refractivity contribution in [2.75, 3.05) is 19.0 Å². The third kappa shape index (κ3) is 5.10. The third-order valence-electron chi connectivity index (χ3n) is 6.67. The molecule has 0 bridgehead atoms. The van der Waals surface area contributed by atoms with Crippen molar-refractivity contribution in [3.05, 3.63) is 108 Å². The normalized spacial score (nSPS) is 16.8. The third-order valence-corrected chi connectivity index (χ3v) is 7.02. The quantitative estimate of drug-likeness (QED) is 0.301. The number of carbonyl (C=O) groups excluding carboxylic acids is 1. The van der Waals surface area contributed by atoms with Crippen molar-refractivity contribution < 1.29 is 13.9 Å². The van der Waals surface area contributed by atoms with Crippen molar-refractivity contribution in [1.29, 1.82) is 0 Å². The second-order valence-corrected chi connectivity index (χ2v) is 9.42. The Morgan fingerprint density at radius 2 is 1.84 bits per heavy atom. The summed E-state index contributed by atoms with van der Waals surface area (Å²) in [5, 5.41) is 6.62. The van der Waals surface area contributed by atoms with Crippen molar-refractivity contribution >= 4 is 28.9 Å². The number of para-hydroxylation sites is 1. The average Bonchev–Trinajstić information content (AvgIpc) is 3.48. The molecule has 1 saturated heterocycles. The van der Waals surface area contributed by atoms with Crippen LogP contribution in [0, 0.1) is 12.7 Å². The average molecular weight is 530 g/mol. The highest BCUT2D eigenvalue weighted by atomic mass is 32.1. The number of rotatable bonds is 8. The van der Waals surface area contributed by atoms with Gasteiger partial charge in [0.15, 0.2) is 5.11 Å². The molecule has 5 rings (SSSR count). The van der Waals surface area contributed by atoms with Crippen LogP contribution in [0.2, 0.25) is 0 Å². The number of hydrogen-bond acceptors (Lipinski definition) is 4. The van der Waals surface area contributed by atoms with E-state index in [1.807, 2.05) is 47.4 Å². The van der Waals surface area contributed by atoms with Gasteiger partial charge in [0.25, 0.3) is 0 Å². The molecule has 0 radical (unpaired) electrons. The van der Waals surface area contributed by atoms with Crippen LogP contribution in [0.15, 0.2) is 85.1 Å². The lowest BCUT2D eigenvalue weighted by molar-refractivity contribution is -0.116. The molecule has 1 aliphatic heterocycles. The highest BCUT2D eigenvalue weighted by Gasteiger charge is 2.41. The van der Waals surface area contributed by atoms with Gasteiger partial charge >= 0.3 is 0 Å². The van der Waals surface area contributed by atoms with E-state index in [0.29, 0.717) is 11.7 Å². The van der Waals surface area contributed by atoms with Gasteiger partial charge in [-0.15, -0.1) is 0 Å². The second-order valence-electron chi connectivity index (χ2n) is 9.03. The van der Waals surface area contributed by atoms with Gasteiger partial charge in [0.05, 0.1) is 30.6 Å². The summed E-state index contributed by atoms with van der Waals surface area (Å²) in [4.78, 5) is 19.4. The summed E-state index contributed by atoms with van der Waals surface area (Å²) < 4.78 is 21.6. The van der Waals surface area contributed by atoms with Crippen molar-refractivity contribution in [3.63, 3.8) is 0 Å². The number of hydrogen-bond donors (Lipinski definition) is 2. The van der Waals surface area contributed by atoms with Crippen LogP contribution in [-0.2, 0) is 4.79 Å². The SMILES string of the molecule is COc1ccc(-n2c(C)ccc2[C@H]2[C@H](c3ccccn3)NC(=S)N2CCC(=O)Nc2ccccc2F)cc1. The van der Waals surface area contributed by atoms with E-state index in [2.05, 4.69) is 39.2 Å². The first kappa shape index (κ1) is 25.4. The number of nitrogens with zero attached hydrogens (tertiary/aromatic N) is 3. The van der Waals surface area contributed by atoms with Crippen molar-refractivity contribution in [2.45, 2.75) is 25.4 Å². The first-order valence-electron chi connectivity index (χ1n) is 12.3. The van der Waals surface area contributed by atoms with Crippen LogP contribution in [0.5, 0.6) is 5.75 Å². The standard InChI is InChI=1S/C29H28FN5O2S/c1-19-10-15-25(35(19)20-11-13-21(37-2)14-12-20)28-27(24-9-5-6-17-31-24)33-29(38)34(28)18-16-26(36)32-23-8-4-3-7-22(23)30/h3-15,17,27-28H,16,18H2,1-2H3,(H,32,36)(H,33,38)/t27-,28-/m0/s1. The molecule has 2 aromatic carbocycles. The summed E-state index contributed by atoms with van der Waals surface area (Å²) in [6.07, 6.45) is 1.89. The largest absolute Gasteiger partial charge is 0.497 e. The minimum Gasteiger partial charge on any atom is -0.497 e. The number of aryl methyl sites for hydroxylation is 1. The molecule has 0 spiro atoms. The number of pyridine rings is 1. The zero-order valence-corrected chi connectivity index (χ0v) is 21.9. The summed E-state index contributed by atoms with van der Waals surface area (Å²) in [6, 6.07) is 23.5. The highest BCUT2D eigenvalue weighted by molar-refractivity contribution is 7.80. The summed E-state index contributed by atoms with van der Waals surface area (Å²) >= 11 is 5.77. The van der Waals surface area contributed by atoms with Crippen LogP contribution in [0.3, 0.4) is 0 Å². The Labute approximate surface area is 226 Å². The van der Waals surface area contributed by atoms with Gasteiger partial charge in [-0.2, -0.15) is 0 Å². The topological polar surface area (TPSA) is 71.4 Å². The minimum absolute atomic E-state index is 0.129. The van der Waals surface area contributed by atoms with Crippen LogP contribution in [0.1, 0.15) is 35.6 Å². The second kappa shape index (κ2) is 11.0. The number of anilines is 1. The van der Waals surface area contributed by atoms with Gasteiger partial charge in [-0.25, -0.2) is 4.39 Å². The van der Waals surface area contributed by atoms with Crippen molar-refractivity contribution in [3.8, 4) is 11.4 Å². The lowest BCUT2D eigenvalue weighted by atomic mass is 10.0. The van der Waals surface area contributed by atoms with E-state index in [4.69, 9.17) is 17.0 Å². The Morgan fingerprint density at radius 3 is 2.55 bits per heavy atom. The van der Waals surface area contributed by atoms with E-state index in [-0.39, 0.29) is 30.1 Å². The number of halogens is 1. The maximum absolute atomic E-state index is 14.1. The Bertz CT molecular complexity index is 1440. The van der Waals surface area contributed by atoms with Gasteiger partial charge in [-0.3, -0.25) is 9.78 Å². The predicted octanol–water partition coefficient (Wildman–Crippen LogP) is 5.33. The van der Waals surface area contributed by atoms with E-state index in [0.717, 1.165) is 28.5 Å². The van der Waals surface area contributed by atoms with Gasteiger partial charge < -0.3 is 24.8 Å². The van der Waals surface area contributed by atoms with Crippen LogP contribution in [0.25, 0.3) is 5.69 Å². The Hall–Kier alpha value is -4.24. The van der Waals surface area contributed by atoms with Gasteiger partial charge in [0.1, 0.15) is 11.6 Å².